The minimum atomic E-state index is -2.87. The molecule has 2 heterocycles. The van der Waals surface area contributed by atoms with Crippen LogP contribution >= 0.6 is 0 Å². The first-order valence-electron chi connectivity index (χ1n) is 7.60. The Bertz CT molecular complexity index is 710. The fourth-order valence-corrected chi connectivity index (χ4v) is 1.40. The number of rotatable bonds is 3. The second kappa shape index (κ2) is 4.32. The van der Waals surface area contributed by atoms with E-state index in [1.807, 2.05) is 0 Å². The molecule has 0 saturated carbocycles. The summed E-state index contributed by atoms with van der Waals surface area (Å²) >= 11 is 0. The van der Waals surface area contributed by atoms with Gasteiger partial charge in [-0.3, -0.25) is 4.68 Å². The number of carboxylic acid groups (broad SMARTS) is 1. The van der Waals surface area contributed by atoms with Crippen LogP contribution in [0, 0.1) is 0 Å². The zero-order valence-electron chi connectivity index (χ0n) is 14.5. The van der Waals surface area contributed by atoms with Crippen LogP contribution < -0.4 is 0 Å². The van der Waals surface area contributed by atoms with Gasteiger partial charge in [0.1, 0.15) is 17.6 Å². The first-order chi connectivity index (χ1) is 10.5. The fourth-order valence-electron chi connectivity index (χ4n) is 1.40. The first-order valence-corrected chi connectivity index (χ1v) is 4.60. The monoisotopic (exact) mass is 238 g/mol. The molecule has 0 amide bonds. The molecule has 0 aromatic carbocycles. The van der Waals surface area contributed by atoms with Crippen LogP contribution in [0.3, 0.4) is 0 Å². The summed E-state index contributed by atoms with van der Waals surface area (Å²) in [6.45, 7) is -5.75. The van der Waals surface area contributed by atoms with Crippen LogP contribution in [0.2, 0.25) is 0 Å². The van der Waals surface area contributed by atoms with E-state index >= 15 is 0 Å². The molecular formula is C11H12N4O2. The lowest BCUT2D eigenvalue weighted by Gasteiger charge is -2.11. The molecule has 2 aromatic rings. The van der Waals surface area contributed by atoms with Gasteiger partial charge >= 0.3 is 5.97 Å². The molecule has 0 bridgehead atoms. The Morgan fingerprint density at radius 2 is 2.41 bits per heavy atom. The Hall–Kier alpha value is -2.24. The van der Waals surface area contributed by atoms with Gasteiger partial charge in [0, 0.05) is 26.7 Å². The van der Waals surface area contributed by atoms with Gasteiger partial charge in [-0.1, -0.05) is 0 Å². The number of carbonyl (C=O) groups is 1. The molecule has 0 spiro atoms. The molecule has 6 heteroatoms. The fraction of sp³-hybridized carbons (Fsp3) is 0.273. The molecule has 0 saturated heterocycles. The predicted molar refractivity (Wildman–Crippen MR) is 60.6 cm³/mol. The predicted octanol–water partition coefficient (Wildman–Crippen LogP) is 1.62. The molecule has 0 aliphatic carbocycles. The minimum absolute atomic E-state index is 0.0259. The van der Waals surface area contributed by atoms with Gasteiger partial charge in [-0.25, -0.2) is 14.8 Å². The van der Waals surface area contributed by atoms with Gasteiger partial charge < -0.3 is 5.11 Å². The van der Waals surface area contributed by atoms with E-state index in [1.54, 1.807) is 0 Å². The van der Waals surface area contributed by atoms with E-state index in [4.69, 9.17) is 8.22 Å². The molecule has 0 unspecified atom stereocenters. The van der Waals surface area contributed by atoms with E-state index in [-0.39, 0.29) is 17.0 Å². The van der Waals surface area contributed by atoms with E-state index in [1.165, 1.54) is 12.3 Å². The number of carboxylic acids is 1. The largest absolute Gasteiger partial charge is 0.478 e. The molecule has 2 aromatic heterocycles. The van der Waals surface area contributed by atoms with Crippen molar-refractivity contribution in [1.82, 2.24) is 19.7 Å². The van der Waals surface area contributed by atoms with Gasteiger partial charge in [-0.2, -0.15) is 5.10 Å². The van der Waals surface area contributed by atoms with Gasteiger partial charge in [-0.15, -0.1) is 0 Å². The highest BCUT2D eigenvalue weighted by Gasteiger charge is 2.17. The SMILES string of the molecule is [2H]C([2H])([2H])C(n1nccc1-c1ncncc1C(=O)O)C([2H])([2H])[2H]. The molecule has 6 nitrogen and oxygen atoms in total. The summed E-state index contributed by atoms with van der Waals surface area (Å²) in [5.41, 5.74) is -0.422. The average Bonchev–Trinajstić information content (AvgIpc) is 2.83. The van der Waals surface area contributed by atoms with Crippen molar-refractivity contribution in [2.45, 2.75) is 19.7 Å². The smallest absolute Gasteiger partial charge is 0.339 e. The summed E-state index contributed by atoms with van der Waals surface area (Å²) in [7, 11) is 0. The van der Waals surface area contributed by atoms with Crippen LogP contribution in [0.15, 0.2) is 24.8 Å². The normalized spacial score (nSPS) is 17.5. The van der Waals surface area contributed by atoms with Gasteiger partial charge in [0.05, 0.1) is 5.69 Å². The van der Waals surface area contributed by atoms with Crippen molar-refractivity contribution < 1.29 is 18.1 Å². The zero-order valence-corrected chi connectivity index (χ0v) is 8.53. The Morgan fingerprint density at radius 3 is 3.12 bits per heavy atom. The summed E-state index contributed by atoms with van der Waals surface area (Å²) in [5.74, 6) is -1.33. The summed E-state index contributed by atoms with van der Waals surface area (Å²) < 4.78 is 45.7. The number of nitrogens with zero attached hydrogens (tertiary/aromatic N) is 4. The molecule has 0 aliphatic heterocycles. The summed E-state index contributed by atoms with van der Waals surface area (Å²) in [5, 5.41) is 13.0. The van der Waals surface area contributed by atoms with Crippen molar-refractivity contribution in [2.24, 2.45) is 0 Å². The molecule has 0 aliphatic rings. The van der Waals surface area contributed by atoms with Crippen molar-refractivity contribution in [2.75, 3.05) is 0 Å². The number of aromatic nitrogens is 4. The molecule has 1 N–H and O–H groups in total. The van der Waals surface area contributed by atoms with Gasteiger partial charge in [0.15, 0.2) is 0 Å². The van der Waals surface area contributed by atoms with Gasteiger partial charge in [0.2, 0.25) is 0 Å². The maximum Gasteiger partial charge on any atom is 0.339 e. The molecular weight excluding hydrogens is 220 g/mol. The van der Waals surface area contributed by atoms with Crippen molar-refractivity contribution >= 4 is 5.97 Å². The number of hydrogen-bond donors (Lipinski definition) is 1. The molecule has 2 rings (SSSR count). The quantitative estimate of drug-likeness (QED) is 0.878. The maximum absolute atomic E-state index is 11.3. The van der Waals surface area contributed by atoms with Crippen molar-refractivity contribution in [1.29, 1.82) is 0 Å². The number of hydrogen-bond acceptors (Lipinski definition) is 4. The van der Waals surface area contributed by atoms with Crippen molar-refractivity contribution in [3.8, 4) is 11.4 Å². The first kappa shape index (κ1) is 5.90. The number of aromatic carboxylic acids is 1. The lowest BCUT2D eigenvalue weighted by molar-refractivity contribution is 0.0697. The molecule has 0 radical (unpaired) electrons. The maximum atomic E-state index is 11.3. The van der Waals surface area contributed by atoms with Crippen molar-refractivity contribution in [3.05, 3.63) is 30.4 Å². The Balaban J connectivity index is 2.67. The second-order valence-corrected chi connectivity index (χ2v) is 3.15. The van der Waals surface area contributed by atoms with Gasteiger partial charge in [0.25, 0.3) is 0 Å². The van der Waals surface area contributed by atoms with Crippen LogP contribution in [0.4, 0.5) is 0 Å². The van der Waals surface area contributed by atoms with Crippen LogP contribution in [0.25, 0.3) is 11.4 Å². The van der Waals surface area contributed by atoms with E-state index in [2.05, 4.69) is 15.1 Å². The lowest BCUT2D eigenvalue weighted by atomic mass is 10.1. The summed E-state index contributed by atoms with van der Waals surface area (Å²) in [6, 6.07) is -0.629. The average molecular weight is 238 g/mol. The third kappa shape index (κ3) is 2.01. The molecule has 17 heavy (non-hydrogen) atoms. The summed E-state index contributed by atoms with van der Waals surface area (Å²) in [4.78, 5) is 18.7. The van der Waals surface area contributed by atoms with Crippen molar-refractivity contribution in [3.63, 3.8) is 0 Å². The molecule has 88 valence electrons. The molecule has 0 fully saturated rings. The third-order valence-electron chi connectivity index (χ3n) is 2.10. The topological polar surface area (TPSA) is 80.9 Å². The van der Waals surface area contributed by atoms with Gasteiger partial charge in [-0.05, 0) is 19.8 Å². The van der Waals surface area contributed by atoms with E-state index < -0.39 is 25.7 Å². The minimum Gasteiger partial charge on any atom is -0.478 e. The zero-order chi connectivity index (χ0) is 17.4. The molecule has 0 atom stereocenters. The van der Waals surface area contributed by atoms with Crippen LogP contribution in [0.5, 0.6) is 0 Å². The van der Waals surface area contributed by atoms with Crippen LogP contribution in [-0.4, -0.2) is 30.8 Å². The van der Waals surface area contributed by atoms with E-state index in [9.17, 15) is 9.90 Å². The van der Waals surface area contributed by atoms with E-state index in [0.717, 1.165) is 17.2 Å². The second-order valence-electron chi connectivity index (χ2n) is 3.15. The lowest BCUT2D eigenvalue weighted by Crippen LogP contribution is -2.09. The Kier molecular flexibility index (Phi) is 1.50. The Morgan fingerprint density at radius 1 is 1.59 bits per heavy atom. The Labute approximate surface area is 106 Å². The summed E-state index contributed by atoms with van der Waals surface area (Å²) in [6.07, 6.45) is 3.31. The highest BCUT2D eigenvalue weighted by atomic mass is 16.4. The van der Waals surface area contributed by atoms with Crippen LogP contribution in [0.1, 0.15) is 38.3 Å². The van der Waals surface area contributed by atoms with E-state index in [0.29, 0.717) is 0 Å². The highest BCUT2D eigenvalue weighted by Crippen LogP contribution is 2.22. The third-order valence-corrected chi connectivity index (χ3v) is 2.10. The standard InChI is InChI=1S/C11H12N4O2/c1-7(2)15-9(3-4-14-15)10-8(11(16)17)5-12-6-13-10/h3-7H,1-2H3,(H,16,17)/i1D3,2D3. The van der Waals surface area contributed by atoms with Crippen LogP contribution in [-0.2, 0) is 0 Å². The highest BCUT2D eigenvalue weighted by molar-refractivity contribution is 5.93.